The summed E-state index contributed by atoms with van der Waals surface area (Å²) < 4.78 is 27.4. The zero-order valence-electron chi connectivity index (χ0n) is 15.1. The van der Waals surface area contributed by atoms with Crippen molar-refractivity contribution in [3.05, 3.63) is 59.7 Å². The molecule has 1 fully saturated rings. The molecule has 1 atom stereocenters. The van der Waals surface area contributed by atoms with E-state index in [1.165, 1.54) is 4.31 Å². The van der Waals surface area contributed by atoms with Crippen LogP contribution in [0.15, 0.2) is 53.4 Å². The molecule has 140 valence electrons. The van der Waals surface area contributed by atoms with Crippen molar-refractivity contribution in [1.29, 1.82) is 5.26 Å². The number of benzene rings is 2. The fraction of sp³-hybridized carbons (Fsp3) is 0.300. The fourth-order valence-electron chi connectivity index (χ4n) is 3.19. The highest BCUT2D eigenvalue weighted by atomic mass is 32.2. The van der Waals surface area contributed by atoms with Crippen molar-refractivity contribution < 1.29 is 13.2 Å². The second-order valence-electron chi connectivity index (χ2n) is 6.62. The van der Waals surface area contributed by atoms with E-state index >= 15 is 0 Å². The zero-order valence-corrected chi connectivity index (χ0v) is 15.9. The number of rotatable bonds is 4. The van der Waals surface area contributed by atoms with E-state index in [9.17, 15) is 13.2 Å². The van der Waals surface area contributed by atoms with Crippen LogP contribution in [-0.4, -0.2) is 31.2 Å². The molecule has 2 aromatic rings. The molecule has 0 saturated carbocycles. The van der Waals surface area contributed by atoms with Crippen molar-refractivity contribution in [3.8, 4) is 6.07 Å². The van der Waals surface area contributed by atoms with E-state index in [4.69, 9.17) is 5.26 Å². The Balaban J connectivity index is 1.85. The number of anilines is 1. The lowest BCUT2D eigenvalue weighted by molar-refractivity contribution is -0.120. The third-order valence-corrected chi connectivity index (χ3v) is 6.57. The van der Waals surface area contributed by atoms with Crippen LogP contribution in [0.5, 0.6) is 0 Å². The summed E-state index contributed by atoms with van der Waals surface area (Å²) in [4.78, 5) is 13.0. The predicted molar refractivity (Wildman–Crippen MR) is 102 cm³/mol. The number of hydrogen-bond acceptors (Lipinski definition) is 4. The number of carbonyl (C=O) groups is 1. The van der Waals surface area contributed by atoms with E-state index in [0.717, 1.165) is 18.4 Å². The minimum absolute atomic E-state index is 0.194. The second kappa shape index (κ2) is 7.91. The zero-order chi connectivity index (χ0) is 19.4. The molecule has 0 bridgehead atoms. The standard InChI is InChI=1S/C20H21N3O3S/c1-15-8-10-18(11-9-15)27(25,26)23-12-3-2-7-19(23)20(24)22-17-6-4-5-16(13-17)14-21/h4-6,8-11,13,19H,2-3,7,12H2,1H3,(H,22,24)/t19-/m1/s1. The SMILES string of the molecule is Cc1ccc(S(=O)(=O)N2CCCC[C@@H]2C(=O)Nc2cccc(C#N)c2)cc1. The molecule has 0 radical (unpaired) electrons. The minimum atomic E-state index is -3.76. The Labute approximate surface area is 159 Å². The maximum Gasteiger partial charge on any atom is 0.243 e. The molecule has 1 amide bonds. The fourth-order valence-corrected chi connectivity index (χ4v) is 4.85. The number of piperidine rings is 1. The maximum atomic E-state index is 13.1. The first-order chi connectivity index (χ1) is 12.9. The summed E-state index contributed by atoms with van der Waals surface area (Å²) in [7, 11) is -3.76. The number of amides is 1. The molecule has 0 spiro atoms. The lowest BCUT2D eigenvalue weighted by Crippen LogP contribution is -2.49. The summed E-state index contributed by atoms with van der Waals surface area (Å²) in [6.07, 6.45) is 1.98. The molecule has 3 rings (SSSR count). The molecule has 6 nitrogen and oxygen atoms in total. The van der Waals surface area contributed by atoms with Gasteiger partial charge in [-0.25, -0.2) is 8.42 Å². The highest BCUT2D eigenvalue weighted by Crippen LogP contribution is 2.26. The Hall–Kier alpha value is -2.69. The summed E-state index contributed by atoms with van der Waals surface area (Å²) in [6, 6.07) is 14.5. The number of nitrogens with zero attached hydrogens (tertiary/aromatic N) is 2. The van der Waals surface area contributed by atoms with Crippen molar-refractivity contribution in [2.24, 2.45) is 0 Å². The van der Waals surface area contributed by atoms with Gasteiger partial charge in [0.25, 0.3) is 0 Å². The highest BCUT2D eigenvalue weighted by Gasteiger charge is 2.37. The van der Waals surface area contributed by atoms with Crippen molar-refractivity contribution in [2.75, 3.05) is 11.9 Å². The molecule has 1 aliphatic rings. The molecule has 1 aliphatic heterocycles. The summed E-state index contributed by atoms with van der Waals surface area (Å²) in [5.41, 5.74) is 1.89. The van der Waals surface area contributed by atoms with E-state index in [1.54, 1.807) is 48.5 Å². The van der Waals surface area contributed by atoms with Crippen LogP contribution < -0.4 is 5.32 Å². The summed E-state index contributed by atoms with van der Waals surface area (Å²) in [5, 5.41) is 11.7. The molecular weight excluding hydrogens is 362 g/mol. The number of nitrogens with one attached hydrogen (secondary N) is 1. The van der Waals surface area contributed by atoms with E-state index in [-0.39, 0.29) is 10.8 Å². The molecule has 0 unspecified atom stereocenters. The van der Waals surface area contributed by atoms with Crippen LogP contribution in [0.25, 0.3) is 0 Å². The van der Waals surface area contributed by atoms with Gasteiger partial charge in [0.15, 0.2) is 0 Å². The highest BCUT2D eigenvalue weighted by molar-refractivity contribution is 7.89. The van der Waals surface area contributed by atoms with Crippen molar-refractivity contribution in [2.45, 2.75) is 37.1 Å². The van der Waals surface area contributed by atoms with Gasteiger partial charge in [-0.1, -0.05) is 30.2 Å². The lowest BCUT2D eigenvalue weighted by atomic mass is 10.0. The first-order valence-corrected chi connectivity index (χ1v) is 10.3. The largest absolute Gasteiger partial charge is 0.325 e. The van der Waals surface area contributed by atoms with Crippen LogP contribution in [0.1, 0.15) is 30.4 Å². The van der Waals surface area contributed by atoms with Gasteiger partial charge >= 0.3 is 0 Å². The molecule has 1 saturated heterocycles. The van der Waals surface area contributed by atoms with Crippen LogP contribution in [0.3, 0.4) is 0 Å². The molecule has 7 heteroatoms. The monoisotopic (exact) mass is 383 g/mol. The van der Waals surface area contributed by atoms with E-state index < -0.39 is 16.1 Å². The number of aryl methyl sites for hydroxylation is 1. The topological polar surface area (TPSA) is 90.3 Å². The van der Waals surface area contributed by atoms with Gasteiger partial charge in [0.05, 0.1) is 16.5 Å². The van der Waals surface area contributed by atoms with Gasteiger partial charge in [0.1, 0.15) is 6.04 Å². The second-order valence-corrected chi connectivity index (χ2v) is 8.51. The minimum Gasteiger partial charge on any atom is -0.325 e. The van der Waals surface area contributed by atoms with Crippen LogP contribution in [0.2, 0.25) is 0 Å². The van der Waals surface area contributed by atoms with E-state index in [1.807, 2.05) is 13.0 Å². The first kappa shape index (κ1) is 19.1. The van der Waals surface area contributed by atoms with Gasteiger partial charge in [-0.05, 0) is 50.1 Å². The molecule has 1 N–H and O–H groups in total. The van der Waals surface area contributed by atoms with E-state index in [2.05, 4.69) is 5.32 Å². The predicted octanol–water partition coefficient (Wildman–Crippen LogP) is 3.05. The average molecular weight is 383 g/mol. The van der Waals surface area contributed by atoms with Gasteiger partial charge in [0.2, 0.25) is 15.9 Å². The third kappa shape index (κ3) is 4.18. The Morgan fingerprint density at radius 2 is 1.93 bits per heavy atom. The van der Waals surface area contributed by atoms with Crippen molar-refractivity contribution in [1.82, 2.24) is 4.31 Å². The molecular formula is C20H21N3O3S. The number of nitriles is 1. The van der Waals surface area contributed by atoms with Gasteiger partial charge in [-0.2, -0.15) is 9.57 Å². The first-order valence-electron chi connectivity index (χ1n) is 8.81. The molecule has 1 heterocycles. The molecule has 27 heavy (non-hydrogen) atoms. The average Bonchev–Trinajstić information content (AvgIpc) is 2.68. The Bertz CT molecular complexity index is 978. The Morgan fingerprint density at radius 3 is 2.63 bits per heavy atom. The van der Waals surface area contributed by atoms with Crippen LogP contribution in [-0.2, 0) is 14.8 Å². The maximum absolute atomic E-state index is 13.1. The number of hydrogen-bond donors (Lipinski definition) is 1. The van der Waals surface area contributed by atoms with Gasteiger partial charge in [-0.15, -0.1) is 0 Å². The van der Waals surface area contributed by atoms with Gasteiger partial charge in [0, 0.05) is 12.2 Å². The van der Waals surface area contributed by atoms with Gasteiger partial charge in [-0.3, -0.25) is 4.79 Å². The van der Waals surface area contributed by atoms with Crippen LogP contribution in [0, 0.1) is 18.3 Å². The summed E-state index contributed by atoms with van der Waals surface area (Å²) in [5.74, 6) is -0.375. The quantitative estimate of drug-likeness (QED) is 0.879. The van der Waals surface area contributed by atoms with Crippen molar-refractivity contribution >= 4 is 21.6 Å². The molecule has 0 aliphatic carbocycles. The lowest BCUT2D eigenvalue weighted by Gasteiger charge is -2.33. The van der Waals surface area contributed by atoms with Crippen molar-refractivity contribution in [3.63, 3.8) is 0 Å². The van der Waals surface area contributed by atoms with E-state index in [0.29, 0.717) is 24.2 Å². The third-order valence-electron chi connectivity index (χ3n) is 4.64. The smallest absolute Gasteiger partial charge is 0.243 e. The normalized spacial score (nSPS) is 17.9. The molecule has 0 aromatic heterocycles. The molecule has 2 aromatic carbocycles. The number of carbonyl (C=O) groups excluding carboxylic acids is 1. The summed E-state index contributed by atoms with van der Waals surface area (Å²) >= 11 is 0. The number of sulfonamides is 1. The van der Waals surface area contributed by atoms with Crippen LogP contribution >= 0.6 is 0 Å². The summed E-state index contributed by atoms with van der Waals surface area (Å²) in [6.45, 7) is 2.20. The van der Waals surface area contributed by atoms with Crippen LogP contribution in [0.4, 0.5) is 5.69 Å². The Kier molecular flexibility index (Phi) is 5.59. The Morgan fingerprint density at radius 1 is 1.19 bits per heavy atom. The van der Waals surface area contributed by atoms with Gasteiger partial charge < -0.3 is 5.32 Å².